The summed E-state index contributed by atoms with van der Waals surface area (Å²) < 4.78 is 1.68. The number of halogens is 1. The number of hydrogen-bond donors (Lipinski definition) is 0. The molecule has 0 radical (unpaired) electrons. The van der Waals surface area contributed by atoms with Gasteiger partial charge in [-0.3, -0.25) is 0 Å². The first kappa shape index (κ1) is 10.4. The molecule has 7 heteroatoms. The summed E-state index contributed by atoms with van der Waals surface area (Å²) in [6, 6.07) is 0. The Morgan fingerprint density at radius 3 is 2.92 bits per heavy atom. The van der Waals surface area contributed by atoms with Gasteiger partial charge >= 0.3 is 5.82 Å². The van der Waals surface area contributed by atoms with Crippen LogP contribution in [0.3, 0.4) is 0 Å². The van der Waals surface area contributed by atoms with Gasteiger partial charge in [0.1, 0.15) is 6.54 Å². The van der Waals surface area contributed by atoms with Gasteiger partial charge in [-0.25, -0.2) is 0 Å². The van der Waals surface area contributed by atoms with E-state index in [0.29, 0.717) is 10.2 Å². The summed E-state index contributed by atoms with van der Waals surface area (Å²) in [6.45, 7) is 2.58. The highest BCUT2D eigenvalue weighted by atomic mass is 127. The summed E-state index contributed by atoms with van der Waals surface area (Å²) in [5.74, 6) is -0.00551. The first-order valence-corrected chi connectivity index (χ1v) is 4.98. The minimum atomic E-state index is -0.447. The Balaban J connectivity index is 2.87. The lowest BCUT2D eigenvalue weighted by atomic mass is 10.3. The zero-order chi connectivity index (χ0) is 9.84. The standard InChI is InChI=1S/C6H9IN4O2/c1-2-3-4-10-6(11(12)13)5(7)8-9-10/h2-4H2,1H3. The number of rotatable bonds is 4. The third-order valence-corrected chi connectivity index (χ3v) is 2.26. The highest BCUT2D eigenvalue weighted by Crippen LogP contribution is 2.17. The largest absolute Gasteiger partial charge is 0.378 e. The van der Waals surface area contributed by atoms with Crippen LogP contribution in [0, 0.1) is 13.8 Å². The van der Waals surface area contributed by atoms with E-state index in [0.717, 1.165) is 12.8 Å². The molecule has 6 nitrogen and oxygen atoms in total. The molecule has 0 aliphatic carbocycles. The summed E-state index contributed by atoms with van der Waals surface area (Å²) in [6.07, 6.45) is 1.86. The maximum Gasteiger partial charge on any atom is 0.378 e. The summed E-state index contributed by atoms with van der Waals surface area (Å²) in [5.41, 5.74) is 0. The summed E-state index contributed by atoms with van der Waals surface area (Å²) in [4.78, 5) is 10.1. The molecule has 1 rings (SSSR count). The second kappa shape index (κ2) is 4.49. The highest BCUT2D eigenvalue weighted by molar-refractivity contribution is 14.1. The topological polar surface area (TPSA) is 73.8 Å². The van der Waals surface area contributed by atoms with Gasteiger partial charge in [0, 0.05) is 5.21 Å². The van der Waals surface area contributed by atoms with Crippen LogP contribution >= 0.6 is 22.6 Å². The molecule has 0 saturated heterocycles. The molecule has 72 valence electrons. The predicted molar refractivity (Wildman–Crippen MR) is 54.3 cm³/mol. The maximum atomic E-state index is 10.6. The van der Waals surface area contributed by atoms with E-state index in [1.807, 2.05) is 29.5 Å². The van der Waals surface area contributed by atoms with Gasteiger partial charge in [0.05, 0.1) is 0 Å². The predicted octanol–water partition coefficient (Wildman–Crippen LogP) is 1.59. The van der Waals surface area contributed by atoms with Gasteiger partial charge in [-0.15, -0.1) is 4.68 Å². The van der Waals surface area contributed by atoms with Gasteiger partial charge in [-0.05, 0) is 33.9 Å². The van der Waals surface area contributed by atoms with E-state index in [-0.39, 0.29) is 5.82 Å². The summed E-state index contributed by atoms with van der Waals surface area (Å²) in [7, 11) is 0. The van der Waals surface area contributed by atoms with Crippen molar-refractivity contribution in [3.63, 3.8) is 0 Å². The highest BCUT2D eigenvalue weighted by Gasteiger charge is 2.20. The Morgan fingerprint density at radius 2 is 2.38 bits per heavy atom. The molecule has 0 spiro atoms. The summed E-state index contributed by atoms with van der Waals surface area (Å²) >= 11 is 1.81. The van der Waals surface area contributed by atoms with Crippen molar-refractivity contribution < 1.29 is 4.92 Å². The van der Waals surface area contributed by atoms with Gasteiger partial charge in [-0.2, -0.15) is 0 Å². The third-order valence-electron chi connectivity index (χ3n) is 1.57. The van der Waals surface area contributed by atoms with Crippen molar-refractivity contribution in [2.24, 2.45) is 0 Å². The molecule has 0 bridgehead atoms. The first-order chi connectivity index (χ1) is 6.16. The second-order valence-corrected chi connectivity index (χ2v) is 3.56. The lowest BCUT2D eigenvalue weighted by Crippen LogP contribution is -2.05. The van der Waals surface area contributed by atoms with Crippen LogP contribution in [0.15, 0.2) is 0 Å². The molecule has 0 aliphatic rings. The molecule has 0 atom stereocenters. The quantitative estimate of drug-likeness (QED) is 0.480. The van der Waals surface area contributed by atoms with Crippen molar-refractivity contribution in [3.8, 4) is 0 Å². The number of nitro groups is 1. The van der Waals surface area contributed by atoms with E-state index in [1.54, 1.807) is 0 Å². The van der Waals surface area contributed by atoms with Crippen LogP contribution in [-0.2, 0) is 6.54 Å². The maximum absolute atomic E-state index is 10.6. The molecule has 1 aromatic rings. The van der Waals surface area contributed by atoms with E-state index in [1.165, 1.54) is 4.68 Å². The first-order valence-electron chi connectivity index (χ1n) is 3.90. The Hall–Kier alpha value is -0.730. The van der Waals surface area contributed by atoms with E-state index in [2.05, 4.69) is 10.3 Å². The summed E-state index contributed by atoms with van der Waals surface area (Å²) in [5, 5.41) is 17.9. The minimum Gasteiger partial charge on any atom is -0.358 e. The fraction of sp³-hybridized carbons (Fsp3) is 0.667. The van der Waals surface area contributed by atoms with E-state index >= 15 is 0 Å². The Morgan fingerprint density at radius 1 is 1.69 bits per heavy atom. The minimum absolute atomic E-state index is 0.00551. The molecule has 0 aromatic carbocycles. The van der Waals surface area contributed by atoms with Gasteiger partial charge in [0.2, 0.25) is 3.70 Å². The van der Waals surface area contributed by atoms with Crippen LogP contribution in [0.4, 0.5) is 5.82 Å². The smallest absolute Gasteiger partial charge is 0.358 e. The molecular weight excluding hydrogens is 287 g/mol. The average molecular weight is 296 g/mol. The van der Waals surface area contributed by atoms with E-state index < -0.39 is 4.92 Å². The lowest BCUT2D eigenvalue weighted by Gasteiger charge is -1.96. The Labute approximate surface area is 88.6 Å². The molecule has 1 heterocycles. The molecule has 13 heavy (non-hydrogen) atoms. The van der Waals surface area contributed by atoms with Gasteiger partial charge in [-0.1, -0.05) is 18.4 Å². The van der Waals surface area contributed by atoms with Gasteiger partial charge in [0.15, 0.2) is 0 Å². The number of nitrogens with zero attached hydrogens (tertiary/aromatic N) is 4. The van der Waals surface area contributed by atoms with Crippen molar-refractivity contribution in [2.75, 3.05) is 0 Å². The normalized spacial score (nSPS) is 10.3. The monoisotopic (exact) mass is 296 g/mol. The van der Waals surface area contributed by atoms with Crippen molar-refractivity contribution >= 4 is 28.4 Å². The molecule has 1 aromatic heterocycles. The van der Waals surface area contributed by atoms with Crippen molar-refractivity contribution in [2.45, 2.75) is 26.3 Å². The zero-order valence-electron chi connectivity index (χ0n) is 7.10. The average Bonchev–Trinajstić information content (AvgIpc) is 2.43. The Bertz CT molecular complexity index is 312. The fourth-order valence-corrected chi connectivity index (χ4v) is 1.49. The van der Waals surface area contributed by atoms with Crippen molar-refractivity contribution in [1.82, 2.24) is 15.0 Å². The van der Waals surface area contributed by atoms with Crippen LogP contribution in [0.5, 0.6) is 0 Å². The van der Waals surface area contributed by atoms with Crippen LogP contribution < -0.4 is 0 Å². The Kier molecular flexibility index (Phi) is 3.58. The SMILES string of the molecule is CCCCn1nnc(I)c1[N+](=O)[O-]. The van der Waals surface area contributed by atoms with Crippen LogP contribution in [0.1, 0.15) is 19.8 Å². The molecule has 0 fully saturated rings. The van der Waals surface area contributed by atoms with Crippen molar-refractivity contribution in [1.29, 1.82) is 0 Å². The molecule has 0 saturated carbocycles. The number of aromatic nitrogens is 3. The van der Waals surface area contributed by atoms with E-state index in [4.69, 9.17) is 0 Å². The second-order valence-electron chi connectivity index (χ2n) is 2.54. The molecular formula is C6H9IN4O2. The molecule has 0 aliphatic heterocycles. The van der Waals surface area contributed by atoms with Crippen LogP contribution in [0.2, 0.25) is 0 Å². The molecule has 0 amide bonds. The van der Waals surface area contributed by atoms with Crippen molar-refractivity contribution in [3.05, 3.63) is 13.8 Å². The fourth-order valence-electron chi connectivity index (χ4n) is 0.915. The van der Waals surface area contributed by atoms with Gasteiger partial charge in [0.25, 0.3) is 0 Å². The van der Waals surface area contributed by atoms with Gasteiger partial charge < -0.3 is 10.1 Å². The van der Waals surface area contributed by atoms with E-state index in [9.17, 15) is 10.1 Å². The lowest BCUT2D eigenvalue weighted by molar-refractivity contribution is -0.393. The van der Waals surface area contributed by atoms with Crippen LogP contribution in [0.25, 0.3) is 0 Å². The third kappa shape index (κ3) is 2.36. The number of aryl methyl sites for hydroxylation is 1. The van der Waals surface area contributed by atoms with Crippen LogP contribution in [-0.4, -0.2) is 19.9 Å². The zero-order valence-corrected chi connectivity index (χ0v) is 9.26. The number of unbranched alkanes of at least 4 members (excludes halogenated alkanes) is 1. The molecule has 0 unspecified atom stereocenters. The molecule has 0 N–H and O–H groups in total. The number of hydrogen-bond acceptors (Lipinski definition) is 4.